The van der Waals surface area contributed by atoms with Gasteiger partial charge in [-0.25, -0.2) is 0 Å². The second-order valence-corrected chi connectivity index (χ2v) is 5.93. The molecule has 1 N–H and O–H groups in total. The van der Waals surface area contributed by atoms with E-state index < -0.39 is 5.54 Å². The molecule has 0 radical (unpaired) electrons. The lowest BCUT2D eigenvalue weighted by Gasteiger charge is -2.29. The number of amides is 1. The number of hydrogen-bond donors (Lipinski definition) is 1. The monoisotopic (exact) mass is 262 g/mol. The molecule has 1 amide bonds. The largest absolute Gasteiger partial charge is 0.340 e. The van der Waals surface area contributed by atoms with E-state index in [0.29, 0.717) is 12.5 Å². The van der Waals surface area contributed by atoms with Crippen LogP contribution in [0.3, 0.4) is 0 Å². The highest BCUT2D eigenvalue weighted by atomic mass is 16.2. The Bertz CT molecular complexity index is 421. The standard InChI is InChI=1S/C16H26N2O/c1-12(2)14-9-7-13(8-10-14)11-18(6)15(19)16(3,4)17-5/h7-10,12,17H,11H2,1-6H3. The summed E-state index contributed by atoms with van der Waals surface area (Å²) < 4.78 is 0. The molecule has 0 aliphatic carbocycles. The van der Waals surface area contributed by atoms with Gasteiger partial charge >= 0.3 is 0 Å². The van der Waals surface area contributed by atoms with Gasteiger partial charge in [0.25, 0.3) is 0 Å². The molecule has 0 heterocycles. The van der Waals surface area contributed by atoms with E-state index in [0.717, 1.165) is 5.56 Å². The summed E-state index contributed by atoms with van der Waals surface area (Å²) in [5, 5.41) is 3.04. The number of carbonyl (C=O) groups excluding carboxylic acids is 1. The molecule has 106 valence electrons. The third-order valence-electron chi connectivity index (χ3n) is 3.57. The first-order valence-electron chi connectivity index (χ1n) is 6.81. The summed E-state index contributed by atoms with van der Waals surface area (Å²) in [6, 6.07) is 8.49. The molecule has 0 atom stereocenters. The van der Waals surface area contributed by atoms with Crippen LogP contribution < -0.4 is 5.32 Å². The van der Waals surface area contributed by atoms with Crippen molar-refractivity contribution in [3.63, 3.8) is 0 Å². The Morgan fingerprint density at radius 3 is 2.21 bits per heavy atom. The predicted octanol–water partition coefficient (Wildman–Crippen LogP) is 2.77. The molecule has 0 saturated heterocycles. The topological polar surface area (TPSA) is 32.3 Å². The minimum absolute atomic E-state index is 0.0999. The van der Waals surface area contributed by atoms with Crippen LogP contribution in [0.25, 0.3) is 0 Å². The van der Waals surface area contributed by atoms with Gasteiger partial charge in [-0.1, -0.05) is 38.1 Å². The van der Waals surface area contributed by atoms with E-state index in [1.54, 1.807) is 4.90 Å². The number of carbonyl (C=O) groups is 1. The van der Waals surface area contributed by atoms with Gasteiger partial charge < -0.3 is 10.2 Å². The molecule has 0 spiro atoms. The fraction of sp³-hybridized carbons (Fsp3) is 0.562. The van der Waals surface area contributed by atoms with E-state index in [-0.39, 0.29) is 5.91 Å². The molecule has 19 heavy (non-hydrogen) atoms. The number of rotatable bonds is 5. The molecule has 0 aliphatic heterocycles. The van der Waals surface area contributed by atoms with Crippen LogP contribution in [0, 0.1) is 0 Å². The minimum Gasteiger partial charge on any atom is -0.340 e. The molecular weight excluding hydrogens is 236 g/mol. The predicted molar refractivity (Wildman–Crippen MR) is 80.1 cm³/mol. The van der Waals surface area contributed by atoms with Gasteiger partial charge in [0.15, 0.2) is 0 Å². The summed E-state index contributed by atoms with van der Waals surface area (Å²) in [6.45, 7) is 8.80. The van der Waals surface area contributed by atoms with Crippen LogP contribution in [0.5, 0.6) is 0 Å². The number of likely N-dealkylation sites (N-methyl/N-ethyl adjacent to an activating group) is 2. The molecule has 1 aromatic rings. The van der Waals surface area contributed by atoms with E-state index in [1.165, 1.54) is 5.56 Å². The maximum absolute atomic E-state index is 12.2. The zero-order chi connectivity index (χ0) is 14.6. The van der Waals surface area contributed by atoms with E-state index in [1.807, 2.05) is 27.9 Å². The van der Waals surface area contributed by atoms with Crippen molar-refractivity contribution in [3.8, 4) is 0 Å². The van der Waals surface area contributed by atoms with Crippen molar-refractivity contribution in [2.45, 2.75) is 45.7 Å². The van der Waals surface area contributed by atoms with Crippen LogP contribution in [0.1, 0.15) is 44.7 Å². The first-order chi connectivity index (χ1) is 8.77. The smallest absolute Gasteiger partial charge is 0.242 e. The normalized spacial score (nSPS) is 11.7. The highest BCUT2D eigenvalue weighted by Gasteiger charge is 2.28. The van der Waals surface area contributed by atoms with Crippen LogP contribution in [-0.2, 0) is 11.3 Å². The van der Waals surface area contributed by atoms with Crippen molar-refractivity contribution in [2.75, 3.05) is 14.1 Å². The van der Waals surface area contributed by atoms with Gasteiger partial charge in [0.2, 0.25) is 5.91 Å². The average molecular weight is 262 g/mol. The van der Waals surface area contributed by atoms with Crippen molar-refractivity contribution in [3.05, 3.63) is 35.4 Å². The SMILES string of the molecule is CNC(C)(C)C(=O)N(C)Cc1ccc(C(C)C)cc1. The minimum atomic E-state index is -0.521. The second kappa shape index (κ2) is 6.20. The van der Waals surface area contributed by atoms with Crippen molar-refractivity contribution < 1.29 is 4.79 Å². The zero-order valence-electron chi connectivity index (χ0n) is 12.9. The quantitative estimate of drug-likeness (QED) is 0.885. The van der Waals surface area contributed by atoms with Crippen LogP contribution in [0.2, 0.25) is 0 Å². The van der Waals surface area contributed by atoms with Crippen LogP contribution in [-0.4, -0.2) is 30.4 Å². The van der Waals surface area contributed by atoms with Crippen LogP contribution >= 0.6 is 0 Å². The number of nitrogens with zero attached hydrogens (tertiary/aromatic N) is 1. The summed E-state index contributed by atoms with van der Waals surface area (Å²) in [5.41, 5.74) is 1.97. The Balaban J connectivity index is 2.72. The summed E-state index contributed by atoms with van der Waals surface area (Å²) in [5.74, 6) is 0.638. The Hall–Kier alpha value is -1.35. The van der Waals surface area contributed by atoms with Crippen LogP contribution in [0.15, 0.2) is 24.3 Å². The maximum atomic E-state index is 12.2. The van der Waals surface area contributed by atoms with E-state index in [2.05, 4.69) is 43.4 Å². The molecule has 3 heteroatoms. The average Bonchev–Trinajstić information content (AvgIpc) is 2.38. The maximum Gasteiger partial charge on any atom is 0.242 e. The number of benzene rings is 1. The second-order valence-electron chi connectivity index (χ2n) is 5.93. The van der Waals surface area contributed by atoms with Gasteiger partial charge in [-0.05, 0) is 37.9 Å². The summed E-state index contributed by atoms with van der Waals surface area (Å²) in [4.78, 5) is 14.0. The first kappa shape index (κ1) is 15.7. The fourth-order valence-corrected chi connectivity index (χ4v) is 1.94. The molecule has 0 fully saturated rings. The molecular formula is C16H26N2O. The first-order valence-corrected chi connectivity index (χ1v) is 6.81. The Morgan fingerprint density at radius 2 is 1.79 bits per heavy atom. The van der Waals surface area contributed by atoms with Crippen molar-refractivity contribution in [1.82, 2.24) is 10.2 Å². The summed E-state index contributed by atoms with van der Waals surface area (Å²) in [6.07, 6.45) is 0. The highest BCUT2D eigenvalue weighted by Crippen LogP contribution is 2.16. The fourth-order valence-electron chi connectivity index (χ4n) is 1.94. The molecule has 0 bridgehead atoms. The molecule has 0 saturated carbocycles. The van der Waals surface area contributed by atoms with Gasteiger partial charge in [-0.3, -0.25) is 4.79 Å². The summed E-state index contributed by atoms with van der Waals surface area (Å²) in [7, 11) is 3.65. The van der Waals surface area contributed by atoms with E-state index in [9.17, 15) is 4.79 Å². The molecule has 0 unspecified atom stereocenters. The van der Waals surface area contributed by atoms with Gasteiger partial charge in [0.05, 0.1) is 5.54 Å². The highest BCUT2D eigenvalue weighted by molar-refractivity contribution is 5.85. The van der Waals surface area contributed by atoms with Gasteiger partial charge in [0.1, 0.15) is 0 Å². The van der Waals surface area contributed by atoms with Crippen molar-refractivity contribution in [1.29, 1.82) is 0 Å². The third kappa shape index (κ3) is 4.06. The Kier molecular flexibility index (Phi) is 5.12. The molecule has 0 aliphatic rings. The van der Waals surface area contributed by atoms with Crippen molar-refractivity contribution in [2.24, 2.45) is 0 Å². The van der Waals surface area contributed by atoms with Gasteiger partial charge in [-0.2, -0.15) is 0 Å². The Labute approximate surface area is 117 Å². The van der Waals surface area contributed by atoms with Crippen molar-refractivity contribution >= 4 is 5.91 Å². The lowest BCUT2D eigenvalue weighted by atomic mass is 10.0. The zero-order valence-corrected chi connectivity index (χ0v) is 12.9. The van der Waals surface area contributed by atoms with Gasteiger partial charge in [0, 0.05) is 13.6 Å². The third-order valence-corrected chi connectivity index (χ3v) is 3.57. The van der Waals surface area contributed by atoms with Crippen LogP contribution in [0.4, 0.5) is 0 Å². The number of hydrogen-bond acceptors (Lipinski definition) is 2. The Morgan fingerprint density at radius 1 is 1.26 bits per heavy atom. The van der Waals surface area contributed by atoms with E-state index in [4.69, 9.17) is 0 Å². The summed E-state index contributed by atoms with van der Waals surface area (Å²) >= 11 is 0. The molecule has 3 nitrogen and oxygen atoms in total. The lowest BCUT2D eigenvalue weighted by molar-refractivity contribution is -0.136. The molecule has 1 aromatic carbocycles. The molecule has 1 rings (SSSR count). The van der Waals surface area contributed by atoms with E-state index >= 15 is 0 Å². The molecule has 0 aromatic heterocycles. The van der Waals surface area contributed by atoms with Gasteiger partial charge in [-0.15, -0.1) is 0 Å². The number of nitrogens with one attached hydrogen (secondary N) is 1. The lowest BCUT2D eigenvalue weighted by Crippen LogP contribution is -2.51.